The van der Waals surface area contributed by atoms with Crippen molar-refractivity contribution in [3.8, 4) is 0 Å². The Hall–Kier alpha value is 0.650. The third-order valence-electron chi connectivity index (χ3n) is 0.805. The van der Waals surface area contributed by atoms with E-state index in [-0.39, 0.29) is 0 Å². The van der Waals surface area contributed by atoms with Crippen molar-refractivity contribution in [1.82, 2.24) is 0 Å². The second-order valence-corrected chi connectivity index (χ2v) is 3.41. The number of thiol groups is 1. The van der Waals surface area contributed by atoms with Crippen LogP contribution in [0.5, 0.6) is 0 Å². The van der Waals surface area contributed by atoms with Gasteiger partial charge >= 0.3 is 0 Å². The molecule has 0 aromatic heterocycles. The summed E-state index contributed by atoms with van der Waals surface area (Å²) >= 11 is 12.5. The average Bonchev–Trinajstić information content (AvgIpc) is 2.04. The van der Waals surface area contributed by atoms with E-state index in [2.05, 4.69) is 42.8 Å². The van der Waals surface area contributed by atoms with Crippen LogP contribution in [0, 0.1) is 0 Å². The maximum Gasteiger partial charge on any atom is 0.290 e. The van der Waals surface area contributed by atoms with Crippen LogP contribution in [-0.2, 0) is 0 Å². The van der Waals surface area contributed by atoms with Crippen LogP contribution in [0.1, 0.15) is 13.3 Å². The van der Waals surface area contributed by atoms with Crippen molar-refractivity contribution in [3.63, 3.8) is 0 Å². The number of rotatable bonds is 3. The van der Waals surface area contributed by atoms with Gasteiger partial charge in [0.1, 0.15) is 0 Å². The van der Waals surface area contributed by atoms with E-state index < -0.39 is 17.2 Å². The van der Waals surface area contributed by atoms with E-state index in [0.29, 0.717) is 0 Å². The number of halogens is 6. The summed E-state index contributed by atoms with van der Waals surface area (Å²) in [5.41, 5.74) is -2.89. The van der Waals surface area contributed by atoms with Gasteiger partial charge in [-0.3, -0.25) is 0 Å². The molecule has 0 rings (SSSR count). The van der Waals surface area contributed by atoms with Gasteiger partial charge in [0.15, 0.2) is 0 Å². The fourth-order valence-electron chi connectivity index (χ4n) is 0.0952. The molecule has 0 amide bonds. The van der Waals surface area contributed by atoms with Gasteiger partial charge in [0.2, 0.25) is 5.63 Å². The van der Waals surface area contributed by atoms with E-state index in [0.717, 1.165) is 5.75 Å². The molecular weight excluding hydrogens is 251 g/mol. The minimum Gasteiger partial charge on any atom is -0.225 e. The normalized spacial score (nSPS) is 17.3. The molecule has 0 nitrogen and oxygen atoms in total. The standard InChI is InChI=1S/C3H2Cl2F4.C3H8S/c4-1(6)3(5,9)2(7)8;1-2-3-4/h1-2H;4H,2-3H2,1H3. The maximum absolute atomic E-state index is 11.8. The van der Waals surface area contributed by atoms with E-state index in [9.17, 15) is 17.6 Å². The molecule has 0 radical (unpaired) electrons. The first kappa shape index (κ1) is 16.1. The smallest absolute Gasteiger partial charge is 0.225 e. The topological polar surface area (TPSA) is 0 Å². The van der Waals surface area contributed by atoms with Crippen molar-refractivity contribution in [2.75, 3.05) is 5.75 Å². The first-order valence-electron chi connectivity index (χ1n) is 3.35. The van der Waals surface area contributed by atoms with E-state index in [1.807, 2.05) is 0 Å². The van der Waals surface area contributed by atoms with Gasteiger partial charge in [-0.1, -0.05) is 30.1 Å². The molecule has 0 aliphatic rings. The van der Waals surface area contributed by atoms with Crippen molar-refractivity contribution in [2.45, 2.75) is 30.5 Å². The van der Waals surface area contributed by atoms with Crippen LogP contribution < -0.4 is 0 Å². The lowest BCUT2D eigenvalue weighted by Crippen LogP contribution is -2.32. The second kappa shape index (κ2) is 8.00. The Kier molecular flexibility index (Phi) is 9.90. The summed E-state index contributed by atoms with van der Waals surface area (Å²) in [6.45, 7) is 2.10. The molecule has 0 fully saturated rings. The van der Waals surface area contributed by atoms with Gasteiger partial charge in [-0.25, -0.2) is 17.6 Å². The molecule has 0 N–H and O–H groups in total. The highest BCUT2D eigenvalue weighted by atomic mass is 35.5. The molecule has 2 atom stereocenters. The zero-order valence-electron chi connectivity index (χ0n) is 6.78. The number of hydrogen-bond donors (Lipinski definition) is 1. The summed E-state index contributed by atoms with van der Waals surface area (Å²) in [6.07, 6.45) is -2.44. The van der Waals surface area contributed by atoms with Crippen LogP contribution in [0.2, 0.25) is 0 Å². The van der Waals surface area contributed by atoms with Gasteiger partial charge in [0, 0.05) is 0 Å². The molecule has 0 aliphatic heterocycles. The van der Waals surface area contributed by atoms with Gasteiger partial charge in [0.05, 0.1) is 0 Å². The molecule has 2 unspecified atom stereocenters. The van der Waals surface area contributed by atoms with Crippen molar-refractivity contribution < 1.29 is 17.6 Å². The van der Waals surface area contributed by atoms with Crippen LogP contribution in [0.3, 0.4) is 0 Å². The van der Waals surface area contributed by atoms with Crippen LogP contribution in [0.15, 0.2) is 0 Å². The van der Waals surface area contributed by atoms with Gasteiger partial charge in [0.25, 0.3) is 11.6 Å². The van der Waals surface area contributed by atoms with Crippen molar-refractivity contribution in [1.29, 1.82) is 0 Å². The first-order valence-corrected chi connectivity index (χ1v) is 4.80. The lowest BCUT2D eigenvalue weighted by molar-refractivity contribution is -0.00363. The summed E-state index contributed by atoms with van der Waals surface area (Å²) in [6, 6.07) is 0. The predicted octanol–water partition coefficient (Wildman–Crippen LogP) is 4.02. The molecule has 0 saturated heterocycles. The molecule has 0 spiro atoms. The first-order chi connectivity index (χ1) is 5.80. The van der Waals surface area contributed by atoms with E-state index >= 15 is 0 Å². The highest BCUT2D eigenvalue weighted by molar-refractivity contribution is 7.80. The van der Waals surface area contributed by atoms with Crippen molar-refractivity contribution in [2.24, 2.45) is 0 Å². The Morgan fingerprint density at radius 2 is 1.69 bits per heavy atom. The molecule has 0 aromatic carbocycles. The summed E-state index contributed by atoms with van der Waals surface area (Å²) in [7, 11) is 0. The number of hydrogen-bond acceptors (Lipinski definition) is 1. The summed E-state index contributed by atoms with van der Waals surface area (Å²) in [5.74, 6) is 1.01. The second-order valence-electron chi connectivity index (χ2n) is 2.00. The molecule has 0 heterocycles. The van der Waals surface area contributed by atoms with E-state index in [4.69, 9.17) is 0 Å². The Labute approximate surface area is 90.0 Å². The molecule has 0 aliphatic carbocycles. The molecule has 7 heteroatoms. The quantitative estimate of drug-likeness (QED) is 0.443. The van der Waals surface area contributed by atoms with E-state index in [1.54, 1.807) is 0 Å². The SMILES string of the molecule is CCCS.FC(F)C(F)(Cl)C(F)Cl. The van der Waals surface area contributed by atoms with Gasteiger partial charge < -0.3 is 0 Å². The minimum atomic E-state index is -3.76. The average molecular weight is 261 g/mol. The van der Waals surface area contributed by atoms with Gasteiger partial charge in [-0.05, 0) is 12.2 Å². The van der Waals surface area contributed by atoms with Crippen LogP contribution in [0.4, 0.5) is 17.6 Å². The predicted molar refractivity (Wildman–Crippen MR) is 50.6 cm³/mol. The molecule has 13 heavy (non-hydrogen) atoms. The Morgan fingerprint density at radius 3 is 1.69 bits per heavy atom. The highest BCUT2D eigenvalue weighted by Gasteiger charge is 2.46. The maximum atomic E-state index is 11.8. The molecule has 0 saturated carbocycles. The third-order valence-corrected chi connectivity index (χ3v) is 2.04. The third kappa shape index (κ3) is 7.70. The Balaban J connectivity index is 0. The monoisotopic (exact) mass is 260 g/mol. The minimum absolute atomic E-state index is 1.01. The zero-order valence-corrected chi connectivity index (χ0v) is 9.19. The van der Waals surface area contributed by atoms with Gasteiger partial charge in [-0.15, -0.1) is 0 Å². The summed E-state index contributed by atoms with van der Waals surface area (Å²) < 4.78 is 45.8. The lowest BCUT2D eigenvalue weighted by Gasteiger charge is -2.15. The summed E-state index contributed by atoms with van der Waals surface area (Å²) in [4.78, 5) is 0. The molecule has 0 aromatic rings. The Morgan fingerprint density at radius 1 is 1.38 bits per heavy atom. The van der Waals surface area contributed by atoms with Gasteiger partial charge in [-0.2, -0.15) is 12.6 Å². The zero-order chi connectivity index (χ0) is 11.1. The highest BCUT2D eigenvalue weighted by Crippen LogP contribution is 2.33. The Bertz CT molecular complexity index is 109. The van der Waals surface area contributed by atoms with Crippen molar-refractivity contribution >= 4 is 35.8 Å². The van der Waals surface area contributed by atoms with Crippen molar-refractivity contribution in [3.05, 3.63) is 0 Å². The summed E-state index contributed by atoms with van der Waals surface area (Å²) in [5, 5.41) is -3.76. The lowest BCUT2D eigenvalue weighted by atomic mass is 10.4. The van der Waals surface area contributed by atoms with Crippen LogP contribution in [-0.4, -0.2) is 22.9 Å². The van der Waals surface area contributed by atoms with Crippen LogP contribution >= 0.6 is 35.8 Å². The molecule has 0 bridgehead atoms. The number of alkyl halides is 6. The fraction of sp³-hybridized carbons (Fsp3) is 1.00. The fourth-order valence-corrected chi connectivity index (χ4v) is 0.190. The van der Waals surface area contributed by atoms with Crippen LogP contribution in [0.25, 0.3) is 0 Å². The molecule has 82 valence electrons. The molecular formula is C6H10Cl2F4S. The van der Waals surface area contributed by atoms with E-state index in [1.165, 1.54) is 6.42 Å². The largest absolute Gasteiger partial charge is 0.290 e.